The number of ether oxygens (including phenoxy) is 1. The van der Waals surface area contributed by atoms with Gasteiger partial charge in [0.2, 0.25) is 0 Å². The van der Waals surface area contributed by atoms with Crippen molar-refractivity contribution < 1.29 is 9.84 Å². The molecule has 0 aromatic heterocycles. The number of unbranched alkanes of at least 4 members (excludes halogenated alkanes) is 2. The van der Waals surface area contributed by atoms with Crippen molar-refractivity contribution in [3.8, 4) is 17.2 Å². The second-order valence-corrected chi connectivity index (χ2v) is 6.44. The van der Waals surface area contributed by atoms with E-state index < -0.39 is 0 Å². The molecule has 0 fully saturated rings. The van der Waals surface area contributed by atoms with Crippen LogP contribution in [-0.4, -0.2) is 5.11 Å². The summed E-state index contributed by atoms with van der Waals surface area (Å²) in [5.41, 5.74) is 1.51. The highest BCUT2D eigenvalue weighted by atomic mass is 16.5. The lowest BCUT2D eigenvalue weighted by Crippen LogP contribution is -2.16. The molecule has 0 aliphatic carbocycles. The summed E-state index contributed by atoms with van der Waals surface area (Å²) in [5.74, 6) is 1.39. The van der Waals surface area contributed by atoms with Gasteiger partial charge in [-0.05, 0) is 41.7 Å². The summed E-state index contributed by atoms with van der Waals surface area (Å²) in [6.45, 7) is 6.82. The zero-order valence-electron chi connectivity index (χ0n) is 13.8. The van der Waals surface area contributed by atoms with Crippen molar-refractivity contribution in [1.82, 2.24) is 0 Å². The Kier molecular flexibility index (Phi) is 5.48. The molecule has 1 N–H and O–H groups in total. The maximum Gasteiger partial charge on any atom is 0.169 e. The van der Waals surface area contributed by atoms with Gasteiger partial charge in [-0.3, -0.25) is 0 Å². The van der Waals surface area contributed by atoms with Crippen LogP contribution in [0.5, 0.6) is 17.2 Å². The molecule has 2 nitrogen and oxygen atoms in total. The second-order valence-electron chi connectivity index (χ2n) is 6.44. The summed E-state index contributed by atoms with van der Waals surface area (Å²) < 4.78 is 5.73. The Hall–Kier alpha value is -1.96. The normalized spacial score (nSPS) is 11.4. The number of phenolic OH excluding ortho intramolecular Hbond substituents is 1. The monoisotopic (exact) mass is 298 g/mol. The molecule has 2 heteroatoms. The van der Waals surface area contributed by atoms with Gasteiger partial charge in [0.05, 0.1) is 0 Å². The molecule has 2 aromatic rings. The van der Waals surface area contributed by atoms with Crippen LogP contribution in [0, 0.1) is 0 Å². The molecule has 2 rings (SSSR count). The molecule has 22 heavy (non-hydrogen) atoms. The van der Waals surface area contributed by atoms with Crippen molar-refractivity contribution >= 4 is 0 Å². The van der Waals surface area contributed by atoms with E-state index in [2.05, 4.69) is 32.9 Å². The average molecular weight is 298 g/mol. The Morgan fingerprint density at radius 3 is 2.27 bits per heavy atom. The van der Waals surface area contributed by atoms with Gasteiger partial charge in [0, 0.05) is 0 Å². The highest BCUT2D eigenvalue weighted by Gasteiger charge is 2.19. The van der Waals surface area contributed by atoms with Gasteiger partial charge in [0.25, 0.3) is 0 Å². The molecule has 0 spiro atoms. The SMILES string of the molecule is CCCCCC(C)(C)c1ccc(Oc2ccccc2O)cc1. The van der Waals surface area contributed by atoms with Gasteiger partial charge < -0.3 is 9.84 Å². The van der Waals surface area contributed by atoms with E-state index in [4.69, 9.17) is 4.74 Å². The lowest BCUT2D eigenvalue weighted by molar-refractivity contribution is 0.410. The lowest BCUT2D eigenvalue weighted by Gasteiger charge is -2.25. The van der Waals surface area contributed by atoms with Crippen LogP contribution in [0.25, 0.3) is 0 Å². The fraction of sp³-hybridized carbons (Fsp3) is 0.400. The third-order valence-electron chi connectivity index (χ3n) is 4.13. The summed E-state index contributed by atoms with van der Waals surface area (Å²) in [6, 6.07) is 15.2. The lowest BCUT2D eigenvalue weighted by atomic mass is 9.80. The van der Waals surface area contributed by atoms with Gasteiger partial charge in [0.1, 0.15) is 5.75 Å². The predicted octanol–water partition coefficient (Wildman–Crippen LogP) is 6.04. The summed E-state index contributed by atoms with van der Waals surface area (Å²) in [4.78, 5) is 0. The number of para-hydroxylation sites is 2. The van der Waals surface area contributed by atoms with Gasteiger partial charge in [-0.2, -0.15) is 0 Å². The van der Waals surface area contributed by atoms with Crippen LogP contribution in [0.2, 0.25) is 0 Å². The first kappa shape index (κ1) is 16.4. The third-order valence-corrected chi connectivity index (χ3v) is 4.13. The van der Waals surface area contributed by atoms with E-state index in [0.29, 0.717) is 5.75 Å². The highest BCUT2D eigenvalue weighted by molar-refractivity contribution is 5.42. The second kappa shape index (κ2) is 7.35. The van der Waals surface area contributed by atoms with Crippen molar-refractivity contribution in [1.29, 1.82) is 0 Å². The van der Waals surface area contributed by atoms with Gasteiger partial charge in [-0.1, -0.05) is 64.3 Å². The minimum absolute atomic E-state index is 0.159. The number of hydrogen-bond donors (Lipinski definition) is 1. The largest absolute Gasteiger partial charge is 0.504 e. The minimum Gasteiger partial charge on any atom is -0.504 e. The number of hydrogen-bond acceptors (Lipinski definition) is 2. The van der Waals surface area contributed by atoms with Crippen molar-refractivity contribution in [2.45, 2.75) is 51.9 Å². The number of benzene rings is 2. The van der Waals surface area contributed by atoms with E-state index in [9.17, 15) is 5.11 Å². The fourth-order valence-corrected chi connectivity index (χ4v) is 2.61. The Bertz CT molecular complexity index is 585. The van der Waals surface area contributed by atoms with Gasteiger partial charge in [-0.25, -0.2) is 0 Å². The Balaban J connectivity index is 2.05. The first-order chi connectivity index (χ1) is 10.5. The molecule has 0 amide bonds. The third kappa shape index (κ3) is 4.27. The predicted molar refractivity (Wildman–Crippen MR) is 91.8 cm³/mol. The van der Waals surface area contributed by atoms with E-state index in [1.165, 1.54) is 31.2 Å². The van der Waals surface area contributed by atoms with Gasteiger partial charge in [0.15, 0.2) is 11.5 Å². The molecule has 0 aliphatic heterocycles. The molecular formula is C20H26O2. The molecule has 0 radical (unpaired) electrons. The Labute approximate surface area is 133 Å². The van der Waals surface area contributed by atoms with E-state index in [0.717, 1.165) is 5.75 Å². The summed E-state index contributed by atoms with van der Waals surface area (Å²) in [6.07, 6.45) is 5.00. The summed E-state index contributed by atoms with van der Waals surface area (Å²) in [5, 5.41) is 9.75. The maximum absolute atomic E-state index is 9.75. The van der Waals surface area contributed by atoms with Crippen LogP contribution < -0.4 is 4.74 Å². The molecule has 0 saturated carbocycles. The van der Waals surface area contributed by atoms with Crippen molar-refractivity contribution in [3.63, 3.8) is 0 Å². The molecule has 0 atom stereocenters. The van der Waals surface area contributed by atoms with Gasteiger partial charge >= 0.3 is 0 Å². The molecule has 2 aromatic carbocycles. The van der Waals surface area contributed by atoms with E-state index in [1.54, 1.807) is 18.2 Å². The minimum atomic E-state index is 0.159. The summed E-state index contributed by atoms with van der Waals surface area (Å²) >= 11 is 0. The van der Waals surface area contributed by atoms with Crippen LogP contribution in [-0.2, 0) is 5.41 Å². The fourth-order valence-electron chi connectivity index (χ4n) is 2.61. The standard InChI is InChI=1S/C20H26O2/c1-4-5-8-15-20(2,3)16-11-13-17(14-12-16)22-19-10-7-6-9-18(19)21/h6-7,9-14,21H,4-5,8,15H2,1-3H3. The van der Waals surface area contributed by atoms with Crippen molar-refractivity contribution in [3.05, 3.63) is 54.1 Å². The number of aromatic hydroxyl groups is 1. The zero-order valence-corrected chi connectivity index (χ0v) is 13.8. The van der Waals surface area contributed by atoms with Crippen LogP contribution in [0.3, 0.4) is 0 Å². The van der Waals surface area contributed by atoms with E-state index >= 15 is 0 Å². The molecule has 0 bridgehead atoms. The van der Waals surface area contributed by atoms with E-state index in [-0.39, 0.29) is 11.2 Å². The van der Waals surface area contributed by atoms with Crippen LogP contribution in [0.4, 0.5) is 0 Å². The molecular weight excluding hydrogens is 272 g/mol. The highest BCUT2D eigenvalue weighted by Crippen LogP contribution is 2.33. The number of phenols is 1. The van der Waals surface area contributed by atoms with E-state index in [1.807, 2.05) is 18.2 Å². The molecule has 0 aliphatic rings. The Morgan fingerprint density at radius 2 is 1.64 bits per heavy atom. The van der Waals surface area contributed by atoms with Crippen molar-refractivity contribution in [2.24, 2.45) is 0 Å². The Morgan fingerprint density at radius 1 is 0.955 bits per heavy atom. The number of rotatable bonds is 7. The van der Waals surface area contributed by atoms with Crippen LogP contribution >= 0.6 is 0 Å². The first-order valence-corrected chi connectivity index (χ1v) is 8.09. The maximum atomic E-state index is 9.75. The van der Waals surface area contributed by atoms with Crippen LogP contribution in [0.15, 0.2) is 48.5 Å². The van der Waals surface area contributed by atoms with Crippen LogP contribution in [0.1, 0.15) is 52.0 Å². The summed E-state index contributed by atoms with van der Waals surface area (Å²) in [7, 11) is 0. The zero-order chi connectivity index (χ0) is 16.0. The van der Waals surface area contributed by atoms with Gasteiger partial charge in [-0.15, -0.1) is 0 Å². The molecule has 0 heterocycles. The average Bonchev–Trinajstić information content (AvgIpc) is 2.50. The molecule has 0 unspecified atom stereocenters. The molecule has 0 saturated heterocycles. The molecule has 118 valence electrons. The van der Waals surface area contributed by atoms with Crippen molar-refractivity contribution in [2.75, 3.05) is 0 Å². The smallest absolute Gasteiger partial charge is 0.169 e. The topological polar surface area (TPSA) is 29.5 Å². The quantitative estimate of drug-likeness (QED) is 0.631. The first-order valence-electron chi connectivity index (χ1n) is 8.09.